The maximum absolute atomic E-state index is 7.58. The standard InChI is InChI=1S/C7H8BrNO/c1-10-5-6-2-3-9-7(8)4-6/h2-4H,5H2,1H3/i1D3,2D,3D,4D,5D2. The summed E-state index contributed by atoms with van der Waals surface area (Å²) in [5.74, 6) is 0. The lowest BCUT2D eigenvalue weighted by atomic mass is 10.3. The van der Waals surface area contributed by atoms with Gasteiger partial charge in [0.25, 0.3) is 0 Å². The molecular formula is C7H8BrNO. The average molecular weight is 210 g/mol. The van der Waals surface area contributed by atoms with Gasteiger partial charge in [0, 0.05) is 13.2 Å². The van der Waals surface area contributed by atoms with Crippen LogP contribution in [0, 0.1) is 0 Å². The van der Waals surface area contributed by atoms with E-state index >= 15 is 0 Å². The van der Waals surface area contributed by atoms with E-state index in [1.165, 1.54) is 0 Å². The Morgan fingerprint density at radius 3 is 3.80 bits per heavy atom. The van der Waals surface area contributed by atoms with E-state index in [1.54, 1.807) is 0 Å². The fraction of sp³-hybridized carbons (Fsp3) is 0.286. The van der Waals surface area contributed by atoms with Crippen molar-refractivity contribution in [1.82, 2.24) is 4.98 Å². The van der Waals surface area contributed by atoms with E-state index in [1.807, 2.05) is 0 Å². The van der Waals surface area contributed by atoms with Gasteiger partial charge in [-0.1, -0.05) is 0 Å². The third-order valence-electron chi connectivity index (χ3n) is 0.716. The highest BCUT2D eigenvalue weighted by molar-refractivity contribution is 9.10. The third kappa shape index (κ3) is 2.08. The van der Waals surface area contributed by atoms with Crippen molar-refractivity contribution >= 4 is 15.9 Å². The lowest BCUT2D eigenvalue weighted by Crippen LogP contribution is -1.87. The highest BCUT2D eigenvalue weighted by Crippen LogP contribution is 2.08. The topological polar surface area (TPSA) is 22.1 Å². The van der Waals surface area contributed by atoms with Crippen LogP contribution in [0.5, 0.6) is 0 Å². The SMILES string of the molecule is [2H]c1nc(Br)c([2H])c(C([2H])([2H])OC([2H])([2H])[2H])c1[2H]. The summed E-state index contributed by atoms with van der Waals surface area (Å²) in [5.41, 5.74) is -0.648. The Labute approximate surface area is 79.6 Å². The van der Waals surface area contributed by atoms with Gasteiger partial charge in [0.2, 0.25) is 0 Å². The summed E-state index contributed by atoms with van der Waals surface area (Å²) in [6.45, 7) is -2.89. The highest BCUT2D eigenvalue weighted by atomic mass is 79.9. The van der Waals surface area contributed by atoms with E-state index in [-0.39, 0.29) is 4.60 Å². The van der Waals surface area contributed by atoms with Gasteiger partial charge in [-0.05, 0) is 33.6 Å². The fourth-order valence-corrected chi connectivity index (χ4v) is 0.684. The minimum Gasteiger partial charge on any atom is -0.380 e. The van der Waals surface area contributed by atoms with Crippen molar-refractivity contribution in [2.75, 3.05) is 7.04 Å². The molecule has 0 amide bonds. The van der Waals surface area contributed by atoms with E-state index in [0.29, 0.717) is 0 Å². The fourth-order valence-electron chi connectivity index (χ4n) is 0.397. The highest BCUT2D eigenvalue weighted by Gasteiger charge is 1.91. The summed E-state index contributed by atoms with van der Waals surface area (Å²) in [6, 6.07) is -1.21. The van der Waals surface area contributed by atoms with Gasteiger partial charge in [-0.2, -0.15) is 0 Å². The Morgan fingerprint density at radius 1 is 2.10 bits per heavy atom. The molecule has 0 aliphatic heterocycles. The Hall–Kier alpha value is -0.410. The molecule has 0 fully saturated rings. The van der Waals surface area contributed by atoms with E-state index in [9.17, 15) is 0 Å². The molecule has 0 aliphatic carbocycles. The van der Waals surface area contributed by atoms with Crippen molar-refractivity contribution in [1.29, 1.82) is 0 Å². The van der Waals surface area contributed by atoms with Gasteiger partial charge in [-0.3, -0.25) is 0 Å². The lowest BCUT2D eigenvalue weighted by molar-refractivity contribution is 0.185. The summed E-state index contributed by atoms with van der Waals surface area (Å²) >= 11 is 2.84. The van der Waals surface area contributed by atoms with Gasteiger partial charge in [0.15, 0.2) is 0 Å². The Kier molecular flexibility index (Phi) is 0.843. The first-order valence-electron chi connectivity index (χ1n) is 6.29. The molecule has 1 aromatic heterocycles. The van der Waals surface area contributed by atoms with Crippen molar-refractivity contribution < 1.29 is 15.7 Å². The van der Waals surface area contributed by atoms with E-state index in [4.69, 9.17) is 11.0 Å². The zero-order valence-electron chi connectivity index (χ0n) is 12.7. The number of halogens is 1. The van der Waals surface area contributed by atoms with Crippen LogP contribution >= 0.6 is 15.9 Å². The summed E-state index contributed by atoms with van der Waals surface area (Å²) in [6.07, 6.45) is -0.578. The molecule has 1 heterocycles. The summed E-state index contributed by atoms with van der Waals surface area (Å²) in [7, 11) is -3.03. The molecule has 10 heavy (non-hydrogen) atoms. The Morgan fingerprint density at radius 2 is 3.00 bits per heavy atom. The molecule has 0 N–H and O–H groups in total. The van der Waals surface area contributed by atoms with E-state index in [0.717, 1.165) is 0 Å². The minimum atomic E-state index is -3.03. The predicted octanol–water partition coefficient (Wildman–Crippen LogP) is 1.99. The second kappa shape index (κ2) is 3.68. The van der Waals surface area contributed by atoms with Crippen molar-refractivity contribution in [2.24, 2.45) is 0 Å². The number of rotatable bonds is 2. The molecule has 1 aromatic rings. The quantitative estimate of drug-likeness (QED) is 0.696. The minimum absolute atomic E-state index is 0.156. The van der Waals surface area contributed by atoms with Gasteiger partial charge in [-0.15, -0.1) is 0 Å². The number of nitrogens with zero attached hydrogens (tertiary/aromatic N) is 1. The van der Waals surface area contributed by atoms with Crippen molar-refractivity contribution in [3.63, 3.8) is 0 Å². The van der Waals surface area contributed by atoms with Crippen molar-refractivity contribution in [3.8, 4) is 0 Å². The maximum Gasteiger partial charge on any atom is 0.106 e. The number of ether oxygens (including phenoxy) is 1. The summed E-state index contributed by atoms with van der Waals surface area (Å²) in [5, 5.41) is 0. The largest absolute Gasteiger partial charge is 0.380 e. The average Bonchev–Trinajstić information content (AvgIpc) is 2.10. The zero-order chi connectivity index (χ0) is 14.3. The van der Waals surface area contributed by atoms with E-state index < -0.39 is 37.4 Å². The molecule has 0 unspecified atom stereocenters. The number of hydrogen-bond acceptors (Lipinski definition) is 2. The van der Waals surface area contributed by atoms with Crippen LogP contribution in [0.1, 0.15) is 16.5 Å². The second-order valence-corrected chi connectivity index (χ2v) is 2.09. The van der Waals surface area contributed by atoms with Crippen molar-refractivity contribution in [3.05, 3.63) is 28.4 Å². The van der Waals surface area contributed by atoms with Gasteiger partial charge in [0.05, 0.1) is 17.5 Å². The molecule has 0 atom stereocenters. The Bertz CT molecular complexity index is 447. The van der Waals surface area contributed by atoms with Gasteiger partial charge < -0.3 is 4.74 Å². The first-order valence-corrected chi connectivity index (χ1v) is 3.09. The number of hydrogen-bond donors (Lipinski definition) is 0. The molecule has 0 spiro atoms. The molecule has 2 nitrogen and oxygen atoms in total. The molecule has 0 saturated carbocycles. The number of methoxy groups -OCH3 is 1. The number of aromatic nitrogens is 1. The normalized spacial score (nSPS) is 24.1. The predicted molar refractivity (Wildman–Crippen MR) is 42.7 cm³/mol. The molecule has 3 heteroatoms. The van der Waals surface area contributed by atoms with Crippen LogP contribution in [-0.2, 0) is 11.3 Å². The smallest absolute Gasteiger partial charge is 0.106 e. The first-order chi connectivity index (χ1) is 7.96. The van der Waals surface area contributed by atoms with Crippen LogP contribution < -0.4 is 0 Å². The van der Waals surface area contributed by atoms with Crippen LogP contribution in [0.25, 0.3) is 0 Å². The number of pyridine rings is 1. The molecule has 0 radical (unpaired) electrons. The van der Waals surface area contributed by atoms with Gasteiger partial charge >= 0.3 is 0 Å². The van der Waals surface area contributed by atoms with Crippen LogP contribution in [0.3, 0.4) is 0 Å². The second-order valence-electron chi connectivity index (χ2n) is 1.34. The van der Waals surface area contributed by atoms with Crippen LogP contribution in [0.15, 0.2) is 22.9 Å². The monoisotopic (exact) mass is 209 g/mol. The molecule has 0 aliphatic rings. The molecular weight excluding hydrogens is 194 g/mol. The molecule has 0 aromatic carbocycles. The lowest BCUT2D eigenvalue weighted by Gasteiger charge is -1.97. The third-order valence-corrected chi connectivity index (χ3v) is 1.09. The van der Waals surface area contributed by atoms with Gasteiger partial charge in [-0.25, -0.2) is 4.98 Å². The molecule has 1 rings (SSSR count). The van der Waals surface area contributed by atoms with Crippen LogP contribution in [-0.4, -0.2) is 12.0 Å². The van der Waals surface area contributed by atoms with E-state index in [2.05, 4.69) is 25.7 Å². The molecule has 0 saturated heterocycles. The van der Waals surface area contributed by atoms with Crippen LogP contribution in [0.2, 0.25) is 0 Å². The zero-order valence-corrected chi connectivity index (χ0v) is 6.32. The van der Waals surface area contributed by atoms with Crippen LogP contribution in [0.4, 0.5) is 0 Å². The maximum atomic E-state index is 7.58. The van der Waals surface area contributed by atoms with Crippen molar-refractivity contribution in [2.45, 2.75) is 6.56 Å². The van der Waals surface area contributed by atoms with Gasteiger partial charge in [0.1, 0.15) is 4.60 Å². The molecule has 54 valence electrons. The Balaban J connectivity index is 3.40. The first kappa shape index (κ1) is 2.29. The molecule has 0 bridgehead atoms. The summed E-state index contributed by atoms with van der Waals surface area (Å²) < 4.78 is 62.1. The summed E-state index contributed by atoms with van der Waals surface area (Å²) in [4.78, 5) is 3.49.